The van der Waals surface area contributed by atoms with Gasteiger partial charge in [0.05, 0.1) is 26.5 Å². The molecule has 0 atom stereocenters. The lowest BCUT2D eigenvalue weighted by Gasteiger charge is -2.13. The van der Waals surface area contributed by atoms with E-state index in [4.69, 9.17) is 21.1 Å². The summed E-state index contributed by atoms with van der Waals surface area (Å²) in [6.45, 7) is 0.417. The van der Waals surface area contributed by atoms with Crippen molar-refractivity contribution in [3.63, 3.8) is 0 Å². The van der Waals surface area contributed by atoms with E-state index in [1.165, 1.54) is 25.0 Å². The number of methoxy groups -OCH3 is 2. The Kier molecular flexibility index (Phi) is 6.51. The van der Waals surface area contributed by atoms with Crippen LogP contribution in [-0.2, 0) is 6.54 Å². The standard InChI is InChI=1S/C21H20ClN3O4/c1-28-17-4-3-5-18(29-2)20(17)21(27)23-12-13-25-19(26)11-10-16(24-25)14-6-8-15(22)9-7-14/h3-11H,12-13H2,1-2H3,(H,23,27). The molecule has 0 saturated carbocycles. The van der Waals surface area contributed by atoms with Gasteiger partial charge in [0.2, 0.25) is 0 Å². The molecule has 3 rings (SSSR count). The second kappa shape index (κ2) is 9.25. The van der Waals surface area contributed by atoms with E-state index >= 15 is 0 Å². The van der Waals surface area contributed by atoms with Crippen LogP contribution in [0.15, 0.2) is 59.4 Å². The number of carbonyl (C=O) groups is 1. The van der Waals surface area contributed by atoms with E-state index in [0.29, 0.717) is 27.8 Å². The molecule has 8 heteroatoms. The van der Waals surface area contributed by atoms with Crippen LogP contribution < -0.4 is 20.3 Å². The van der Waals surface area contributed by atoms with Crippen molar-refractivity contribution in [2.75, 3.05) is 20.8 Å². The number of benzene rings is 2. The second-order valence-corrected chi connectivity index (χ2v) is 6.52. The molecule has 0 saturated heterocycles. The second-order valence-electron chi connectivity index (χ2n) is 6.08. The third kappa shape index (κ3) is 4.75. The van der Waals surface area contributed by atoms with Gasteiger partial charge in [-0.2, -0.15) is 5.10 Å². The fourth-order valence-electron chi connectivity index (χ4n) is 2.82. The molecule has 1 N–H and O–H groups in total. The van der Waals surface area contributed by atoms with Crippen molar-refractivity contribution in [2.24, 2.45) is 0 Å². The van der Waals surface area contributed by atoms with Gasteiger partial charge >= 0.3 is 0 Å². The Bertz CT molecular complexity index is 1040. The Labute approximate surface area is 172 Å². The van der Waals surface area contributed by atoms with Gasteiger partial charge in [0.1, 0.15) is 17.1 Å². The van der Waals surface area contributed by atoms with Crippen molar-refractivity contribution in [1.29, 1.82) is 0 Å². The van der Waals surface area contributed by atoms with Gasteiger partial charge in [-0.15, -0.1) is 0 Å². The first kappa shape index (κ1) is 20.4. The lowest BCUT2D eigenvalue weighted by atomic mass is 10.1. The van der Waals surface area contributed by atoms with Crippen LogP contribution in [0.4, 0.5) is 0 Å². The van der Waals surface area contributed by atoms with E-state index in [1.807, 2.05) is 12.1 Å². The Morgan fingerprint density at radius 2 is 1.69 bits per heavy atom. The molecule has 0 fully saturated rings. The van der Waals surface area contributed by atoms with Crippen molar-refractivity contribution in [3.8, 4) is 22.8 Å². The molecule has 2 aromatic carbocycles. The molecular formula is C21H20ClN3O4. The average molecular weight is 414 g/mol. The lowest BCUT2D eigenvalue weighted by Crippen LogP contribution is -2.32. The first-order chi connectivity index (χ1) is 14.0. The normalized spacial score (nSPS) is 10.4. The predicted octanol–water partition coefficient (Wildman–Crippen LogP) is 3.01. The van der Waals surface area contributed by atoms with Crippen LogP contribution in [0.3, 0.4) is 0 Å². The van der Waals surface area contributed by atoms with Crippen LogP contribution in [0.1, 0.15) is 10.4 Å². The maximum Gasteiger partial charge on any atom is 0.266 e. The first-order valence-corrected chi connectivity index (χ1v) is 9.24. The molecule has 150 valence electrons. The van der Waals surface area contributed by atoms with Crippen LogP contribution >= 0.6 is 11.6 Å². The minimum Gasteiger partial charge on any atom is -0.496 e. The molecule has 1 heterocycles. The van der Waals surface area contributed by atoms with E-state index in [-0.39, 0.29) is 24.6 Å². The molecule has 0 radical (unpaired) electrons. The number of nitrogens with one attached hydrogen (secondary N) is 1. The van der Waals surface area contributed by atoms with E-state index in [1.54, 1.807) is 36.4 Å². The van der Waals surface area contributed by atoms with Gasteiger partial charge in [-0.25, -0.2) is 4.68 Å². The molecular weight excluding hydrogens is 394 g/mol. The third-order valence-corrected chi connectivity index (χ3v) is 4.52. The highest BCUT2D eigenvalue weighted by atomic mass is 35.5. The molecule has 0 aliphatic rings. The van der Waals surface area contributed by atoms with Gasteiger partial charge in [0, 0.05) is 23.2 Å². The Hall–Kier alpha value is -3.32. The molecule has 0 unspecified atom stereocenters. The fourth-order valence-corrected chi connectivity index (χ4v) is 2.95. The fraction of sp³-hybridized carbons (Fsp3) is 0.190. The van der Waals surface area contributed by atoms with Gasteiger partial charge in [-0.3, -0.25) is 9.59 Å². The summed E-state index contributed by atoms with van der Waals surface area (Å²) in [6.07, 6.45) is 0. The number of ether oxygens (including phenoxy) is 2. The number of nitrogens with zero attached hydrogens (tertiary/aromatic N) is 2. The minimum absolute atomic E-state index is 0.205. The molecule has 1 amide bonds. The topological polar surface area (TPSA) is 82.4 Å². The smallest absolute Gasteiger partial charge is 0.266 e. The number of hydrogen-bond donors (Lipinski definition) is 1. The number of aromatic nitrogens is 2. The van der Waals surface area contributed by atoms with Gasteiger partial charge in [0.25, 0.3) is 11.5 Å². The zero-order chi connectivity index (χ0) is 20.8. The summed E-state index contributed by atoms with van der Waals surface area (Å²) in [7, 11) is 2.97. The van der Waals surface area contributed by atoms with Crippen molar-refractivity contribution in [3.05, 3.63) is 75.5 Å². The highest BCUT2D eigenvalue weighted by Gasteiger charge is 2.17. The van der Waals surface area contributed by atoms with Gasteiger partial charge in [0.15, 0.2) is 0 Å². The Morgan fingerprint density at radius 1 is 1.03 bits per heavy atom. The van der Waals surface area contributed by atoms with E-state index < -0.39 is 0 Å². The first-order valence-electron chi connectivity index (χ1n) is 8.87. The summed E-state index contributed by atoms with van der Waals surface area (Å²) in [4.78, 5) is 24.7. The molecule has 0 aliphatic carbocycles. The molecule has 29 heavy (non-hydrogen) atoms. The zero-order valence-electron chi connectivity index (χ0n) is 16.0. The van der Waals surface area contributed by atoms with Crippen LogP contribution in [0.5, 0.6) is 11.5 Å². The van der Waals surface area contributed by atoms with Crippen LogP contribution in [-0.4, -0.2) is 36.5 Å². The van der Waals surface area contributed by atoms with Crippen molar-refractivity contribution in [1.82, 2.24) is 15.1 Å². The number of amides is 1. The summed E-state index contributed by atoms with van der Waals surface area (Å²) in [5.41, 5.74) is 1.52. The summed E-state index contributed by atoms with van der Waals surface area (Å²) in [5.74, 6) is 0.449. The zero-order valence-corrected chi connectivity index (χ0v) is 16.8. The highest BCUT2D eigenvalue weighted by molar-refractivity contribution is 6.30. The summed E-state index contributed by atoms with van der Waals surface area (Å²) in [6, 6.07) is 15.4. The third-order valence-electron chi connectivity index (χ3n) is 4.27. The van der Waals surface area contributed by atoms with Gasteiger partial charge in [-0.05, 0) is 30.3 Å². The molecule has 7 nitrogen and oxygen atoms in total. The minimum atomic E-state index is -0.360. The van der Waals surface area contributed by atoms with E-state index in [9.17, 15) is 9.59 Å². The number of rotatable bonds is 7. The average Bonchev–Trinajstić information content (AvgIpc) is 2.74. The van der Waals surface area contributed by atoms with E-state index in [2.05, 4.69) is 10.4 Å². The lowest BCUT2D eigenvalue weighted by molar-refractivity contribution is 0.0945. The van der Waals surface area contributed by atoms with E-state index in [0.717, 1.165) is 5.56 Å². The van der Waals surface area contributed by atoms with Crippen LogP contribution in [0.25, 0.3) is 11.3 Å². The number of hydrogen-bond acceptors (Lipinski definition) is 5. The number of carbonyl (C=O) groups excluding carboxylic acids is 1. The number of halogens is 1. The van der Waals surface area contributed by atoms with Gasteiger partial charge < -0.3 is 14.8 Å². The largest absolute Gasteiger partial charge is 0.496 e. The van der Waals surface area contributed by atoms with Crippen LogP contribution in [0, 0.1) is 0 Å². The van der Waals surface area contributed by atoms with Crippen molar-refractivity contribution >= 4 is 17.5 Å². The molecule has 1 aromatic heterocycles. The maximum absolute atomic E-state index is 12.6. The van der Waals surface area contributed by atoms with Crippen molar-refractivity contribution < 1.29 is 14.3 Å². The monoisotopic (exact) mass is 413 g/mol. The molecule has 0 bridgehead atoms. The van der Waals surface area contributed by atoms with Crippen molar-refractivity contribution in [2.45, 2.75) is 6.54 Å². The summed E-state index contributed by atoms with van der Waals surface area (Å²) >= 11 is 5.91. The summed E-state index contributed by atoms with van der Waals surface area (Å²) < 4.78 is 11.8. The highest BCUT2D eigenvalue weighted by Crippen LogP contribution is 2.27. The molecule has 3 aromatic rings. The van der Waals surface area contributed by atoms with Crippen LogP contribution in [0.2, 0.25) is 5.02 Å². The maximum atomic E-state index is 12.6. The predicted molar refractivity (Wildman–Crippen MR) is 111 cm³/mol. The summed E-state index contributed by atoms with van der Waals surface area (Å²) in [5, 5.41) is 7.77. The molecule has 0 spiro atoms. The Balaban J connectivity index is 1.73. The Morgan fingerprint density at radius 3 is 2.31 bits per heavy atom. The molecule has 0 aliphatic heterocycles. The SMILES string of the molecule is COc1cccc(OC)c1C(=O)NCCn1nc(-c2ccc(Cl)cc2)ccc1=O. The van der Waals surface area contributed by atoms with Gasteiger partial charge in [-0.1, -0.05) is 29.8 Å². The quantitative estimate of drug-likeness (QED) is 0.643.